The van der Waals surface area contributed by atoms with Gasteiger partial charge in [0.15, 0.2) is 0 Å². The molecule has 0 aromatic rings. The van der Waals surface area contributed by atoms with Crippen LogP contribution in [0.4, 0.5) is 4.79 Å². The van der Waals surface area contributed by atoms with Crippen molar-refractivity contribution in [1.82, 2.24) is 10.2 Å². The standard InChI is InChI=1S/C14H26N2O3/c1-3-4-5-9-16(2)13(19)15-11-14(7-6-8-14)10-12(17)18/h3-11H2,1-2H3,(H,15,19)(H,17,18). The van der Waals surface area contributed by atoms with Gasteiger partial charge in [-0.25, -0.2) is 4.79 Å². The molecule has 2 N–H and O–H groups in total. The van der Waals surface area contributed by atoms with Gasteiger partial charge in [-0.15, -0.1) is 0 Å². The second kappa shape index (κ2) is 7.36. The van der Waals surface area contributed by atoms with Crippen LogP contribution in [0.5, 0.6) is 0 Å². The molecular formula is C14H26N2O3. The molecule has 1 fully saturated rings. The molecule has 0 atom stereocenters. The van der Waals surface area contributed by atoms with Crippen LogP contribution in [0.15, 0.2) is 0 Å². The molecule has 19 heavy (non-hydrogen) atoms. The minimum Gasteiger partial charge on any atom is -0.481 e. The predicted molar refractivity (Wildman–Crippen MR) is 74.1 cm³/mol. The van der Waals surface area contributed by atoms with Gasteiger partial charge in [-0.3, -0.25) is 4.79 Å². The van der Waals surface area contributed by atoms with Crippen LogP contribution in [0.1, 0.15) is 51.9 Å². The Kier molecular flexibility index (Phi) is 6.12. The highest BCUT2D eigenvalue weighted by Gasteiger charge is 2.39. The first-order valence-electron chi connectivity index (χ1n) is 7.20. The third-order valence-electron chi connectivity index (χ3n) is 4.00. The molecule has 1 aliphatic carbocycles. The number of carbonyl (C=O) groups is 2. The number of carbonyl (C=O) groups excluding carboxylic acids is 1. The summed E-state index contributed by atoms with van der Waals surface area (Å²) in [5, 5.41) is 11.8. The quantitative estimate of drug-likeness (QED) is 0.666. The molecule has 0 aromatic carbocycles. The zero-order valence-electron chi connectivity index (χ0n) is 12.1. The maximum Gasteiger partial charge on any atom is 0.317 e. The van der Waals surface area contributed by atoms with E-state index in [1.54, 1.807) is 11.9 Å². The Morgan fingerprint density at radius 1 is 1.32 bits per heavy atom. The summed E-state index contributed by atoms with van der Waals surface area (Å²) in [7, 11) is 1.79. The average Bonchev–Trinajstić information content (AvgIpc) is 2.31. The number of carboxylic acids is 1. The van der Waals surface area contributed by atoms with Crippen molar-refractivity contribution in [2.45, 2.75) is 51.9 Å². The fourth-order valence-electron chi connectivity index (χ4n) is 2.51. The average molecular weight is 270 g/mol. The van der Waals surface area contributed by atoms with Crippen molar-refractivity contribution in [3.8, 4) is 0 Å². The molecule has 0 saturated heterocycles. The minimum absolute atomic E-state index is 0.0900. The van der Waals surface area contributed by atoms with E-state index in [1.165, 1.54) is 0 Å². The number of nitrogens with one attached hydrogen (secondary N) is 1. The van der Waals surface area contributed by atoms with E-state index in [9.17, 15) is 9.59 Å². The number of carboxylic acid groups (broad SMARTS) is 1. The summed E-state index contributed by atoms with van der Waals surface area (Å²) in [6, 6.07) is -0.0900. The molecule has 0 radical (unpaired) electrons. The van der Waals surface area contributed by atoms with Gasteiger partial charge in [0.2, 0.25) is 0 Å². The molecule has 0 bridgehead atoms. The normalized spacial score (nSPS) is 16.5. The second-order valence-electron chi connectivity index (χ2n) is 5.71. The summed E-state index contributed by atoms with van der Waals surface area (Å²) < 4.78 is 0. The lowest BCUT2D eigenvalue weighted by Crippen LogP contribution is -2.47. The molecule has 1 saturated carbocycles. The Balaban J connectivity index is 2.30. The monoisotopic (exact) mass is 270 g/mol. The van der Waals surface area contributed by atoms with Gasteiger partial charge >= 0.3 is 12.0 Å². The molecule has 0 aliphatic heterocycles. The van der Waals surface area contributed by atoms with Crippen molar-refractivity contribution in [3.63, 3.8) is 0 Å². The van der Waals surface area contributed by atoms with E-state index in [-0.39, 0.29) is 17.9 Å². The Morgan fingerprint density at radius 3 is 2.47 bits per heavy atom. The number of urea groups is 1. The van der Waals surface area contributed by atoms with Gasteiger partial charge in [-0.1, -0.05) is 26.2 Å². The highest BCUT2D eigenvalue weighted by atomic mass is 16.4. The Bertz CT molecular complexity index is 314. The zero-order chi connectivity index (χ0) is 14.3. The van der Waals surface area contributed by atoms with E-state index in [2.05, 4.69) is 12.2 Å². The summed E-state index contributed by atoms with van der Waals surface area (Å²) in [6.45, 7) is 3.37. The van der Waals surface area contributed by atoms with Gasteiger partial charge in [-0.05, 0) is 24.7 Å². The molecule has 5 heteroatoms. The number of aliphatic carboxylic acids is 1. The number of nitrogens with zero attached hydrogens (tertiary/aromatic N) is 1. The largest absolute Gasteiger partial charge is 0.481 e. The van der Waals surface area contributed by atoms with Crippen LogP contribution < -0.4 is 5.32 Å². The molecule has 1 rings (SSSR count). The lowest BCUT2D eigenvalue weighted by Gasteiger charge is -2.41. The first kappa shape index (κ1) is 15.8. The molecule has 0 aromatic heterocycles. The van der Waals surface area contributed by atoms with Crippen molar-refractivity contribution in [2.75, 3.05) is 20.1 Å². The summed E-state index contributed by atoms with van der Waals surface area (Å²) in [5.41, 5.74) is -0.203. The van der Waals surface area contributed by atoms with Crippen molar-refractivity contribution in [3.05, 3.63) is 0 Å². The van der Waals surface area contributed by atoms with E-state index in [0.29, 0.717) is 6.54 Å². The number of amides is 2. The molecule has 2 amide bonds. The highest BCUT2D eigenvalue weighted by Crippen LogP contribution is 2.43. The number of unbranched alkanes of at least 4 members (excludes halogenated alkanes) is 2. The predicted octanol–water partition coefficient (Wildman–Crippen LogP) is 2.46. The Hall–Kier alpha value is -1.26. The van der Waals surface area contributed by atoms with Crippen LogP contribution in [0.25, 0.3) is 0 Å². The van der Waals surface area contributed by atoms with E-state index >= 15 is 0 Å². The van der Waals surface area contributed by atoms with Gasteiger partial charge < -0.3 is 15.3 Å². The summed E-state index contributed by atoms with van der Waals surface area (Å²) in [5.74, 6) is -0.773. The fraction of sp³-hybridized carbons (Fsp3) is 0.857. The minimum atomic E-state index is -0.773. The third kappa shape index (κ3) is 5.09. The van der Waals surface area contributed by atoms with Gasteiger partial charge in [0.25, 0.3) is 0 Å². The maximum atomic E-state index is 11.9. The Labute approximate surface area is 115 Å². The summed E-state index contributed by atoms with van der Waals surface area (Å²) >= 11 is 0. The first-order valence-corrected chi connectivity index (χ1v) is 7.20. The van der Waals surface area contributed by atoms with E-state index < -0.39 is 5.97 Å². The van der Waals surface area contributed by atoms with Crippen LogP contribution in [0.2, 0.25) is 0 Å². The van der Waals surface area contributed by atoms with Crippen molar-refractivity contribution >= 4 is 12.0 Å². The van der Waals surface area contributed by atoms with Crippen molar-refractivity contribution in [1.29, 1.82) is 0 Å². The van der Waals surface area contributed by atoms with Gasteiger partial charge in [0.05, 0.1) is 6.42 Å². The molecule has 0 spiro atoms. The Morgan fingerprint density at radius 2 is 2.00 bits per heavy atom. The van der Waals surface area contributed by atoms with Crippen molar-refractivity contribution in [2.24, 2.45) is 5.41 Å². The van der Waals surface area contributed by atoms with Crippen LogP contribution in [0, 0.1) is 5.41 Å². The molecular weight excluding hydrogens is 244 g/mol. The molecule has 5 nitrogen and oxygen atoms in total. The van der Waals surface area contributed by atoms with Crippen LogP contribution >= 0.6 is 0 Å². The topological polar surface area (TPSA) is 69.6 Å². The van der Waals surface area contributed by atoms with E-state index in [0.717, 1.165) is 45.1 Å². The summed E-state index contributed by atoms with van der Waals surface area (Å²) in [4.78, 5) is 24.4. The number of hydrogen-bond acceptors (Lipinski definition) is 2. The van der Waals surface area contributed by atoms with E-state index in [1.807, 2.05) is 0 Å². The van der Waals surface area contributed by atoms with Crippen LogP contribution in [-0.2, 0) is 4.79 Å². The van der Waals surface area contributed by atoms with Gasteiger partial charge in [0, 0.05) is 20.1 Å². The van der Waals surface area contributed by atoms with Crippen molar-refractivity contribution < 1.29 is 14.7 Å². The van der Waals surface area contributed by atoms with Gasteiger partial charge in [0.1, 0.15) is 0 Å². The fourth-order valence-corrected chi connectivity index (χ4v) is 2.51. The maximum absolute atomic E-state index is 11.9. The SMILES string of the molecule is CCCCCN(C)C(=O)NCC1(CC(=O)O)CCC1. The first-order chi connectivity index (χ1) is 8.99. The second-order valence-corrected chi connectivity index (χ2v) is 5.71. The lowest BCUT2D eigenvalue weighted by molar-refractivity contribution is -0.141. The molecule has 0 heterocycles. The number of rotatable bonds is 8. The summed E-state index contributed by atoms with van der Waals surface area (Å²) in [6.07, 6.45) is 6.30. The molecule has 0 unspecified atom stereocenters. The lowest BCUT2D eigenvalue weighted by atomic mass is 9.66. The zero-order valence-corrected chi connectivity index (χ0v) is 12.1. The van der Waals surface area contributed by atoms with E-state index in [4.69, 9.17) is 5.11 Å². The van der Waals surface area contributed by atoms with Gasteiger partial charge in [-0.2, -0.15) is 0 Å². The highest BCUT2D eigenvalue weighted by molar-refractivity contribution is 5.74. The van der Waals surface area contributed by atoms with Crippen LogP contribution in [0.3, 0.4) is 0 Å². The molecule has 1 aliphatic rings. The third-order valence-corrected chi connectivity index (χ3v) is 4.00. The number of hydrogen-bond donors (Lipinski definition) is 2. The molecule has 110 valence electrons. The smallest absolute Gasteiger partial charge is 0.317 e. The van der Waals surface area contributed by atoms with Crippen LogP contribution in [-0.4, -0.2) is 42.1 Å².